The van der Waals surface area contributed by atoms with E-state index in [0.717, 1.165) is 25.9 Å². The summed E-state index contributed by atoms with van der Waals surface area (Å²) in [5.74, 6) is 0.374. The predicted octanol–water partition coefficient (Wildman–Crippen LogP) is 1.82. The molecule has 1 unspecified atom stereocenters. The van der Waals surface area contributed by atoms with Crippen LogP contribution < -0.4 is 5.73 Å². The lowest BCUT2D eigenvalue weighted by atomic mass is 9.98. The molecule has 1 aliphatic carbocycles. The van der Waals surface area contributed by atoms with E-state index in [2.05, 4.69) is 13.0 Å². The first kappa shape index (κ1) is 11.5. The average molecular weight is 196 g/mol. The Morgan fingerprint density at radius 2 is 2.21 bits per heavy atom. The molecule has 14 heavy (non-hydrogen) atoms. The SMILES string of the molecule is CCCCCOCC(N)(C#N)C1CC1. The van der Waals surface area contributed by atoms with E-state index in [0.29, 0.717) is 12.5 Å². The summed E-state index contributed by atoms with van der Waals surface area (Å²) >= 11 is 0. The fourth-order valence-corrected chi connectivity index (χ4v) is 1.54. The Morgan fingerprint density at radius 1 is 1.50 bits per heavy atom. The van der Waals surface area contributed by atoms with Gasteiger partial charge in [-0.3, -0.25) is 0 Å². The molecule has 1 atom stereocenters. The van der Waals surface area contributed by atoms with Gasteiger partial charge in [-0.05, 0) is 25.2 Å². The van der Waals surface area contributed by atoms with E-state index < -0.39 is 5.54 Å². The first-order valence-electron chi connectivity index (χ1n) is 5.51. The Balaban J connectivity index is 2.12. The van der Waals surface area contributed by atoms with Crippen molar-refractivity contribution in [3.8, 4) is 6.07 Å². The van der Waals surface area contributed by atoms with Gasteiger partial charge >= 0.3 is 0 Å². The van der Waals surface area contributed by atoms with Gasteiger partial charge in [0.2, 0.25) is 0 Å². The lowest BCUT2D eigenvalue weighted by molar-refractivity contribution is 0.0927. The number of hydrogen-bond acceptors (Lipinski definition) is 3. The van der Waals surface area contributed by atoms with Gasteiger partial charge in [-0.2, -0.15) is 5.26 Å². The van der Waals surface area contributed by atoms with Crippen molar-refractivity contribution in [3.05, 3.63) is 0 Å². The quantitative estimate of drug-likeness (QED) is 0.632. The second-order valence-electron chi connectivity index (χ2n) is 4.19. The van der Waals surface area contributed by atoms with Crippen molar-refractivity contribution in [2.75, 3.05) is 13.2 Å². The van der Waals surface area contributed by atoms with Gasteiger partial charge in [0.25, 0.3) is 0 Å². The third-order valence-corrected chi connectivity index (χ3v) is 2.75. The maximum absolute atomic E-state index is 8.94. The van der Waals surface area contributed by atoms with Crippen LogP contribution in [0.4, 0.5) is 0 Å². The zero-order valence-corrected chi connectivity index (χ0v) is 8.96. The lowest BCUT2D eigenvalue weighted by Crippen LogP contribution is -2.45. The number of rotatable bonds is 7. The average Bonchev–Trinajstić information content (AvgIpc) is 3.01. The maximum Gasteiger partial charge on any atom is 0.130 e. The van der Waals surface area contributed by atoms with Crippen molar-refractivity contribution in [1.29, 1.82) is 5.26 Å². The molecule has 0 amide bonds. The van der Waals surface area contributed by atoms with E-state index in [1.54, 1.807) is 0 Å². The first-order chi connectivity index (χ1) is 6.73. The third kappa shape index (κ3) is 3.28. The lowest BCUT2D eigenvalue weighted by Gasteiger charge is -2.20. The number of unbranched alkanes of at least 4 members (excludes halogenated alkanes) is 2. The fraction of sp³-hybridized carbons (Fsp3) is 0.909. The van der Waals surface area contributed by atoms with E-state index in [4.69, 9.17) is 15.7 Å². The smallest absolute Gasteiger partial charge is 0.130 e. The molecule has 0 spiro atoms. The molecule has 3 nitrogen and oxygen atoms in total. The summed E-state index contributed by atoms with van der Waals surface area (Å²) in [6.45, 7) is 3.30. The molecule has 3 heteroatoms. The van der Waals surface area contributed by atoms with Crippen LogP contribution in [0.25, 0.3) is 0 Å². The molecule has 1 aliphatic rings. The number of nitrogens with two attached hydrogens (primary N) is 1. The molecule has 0 radical (unpaired) electrons. The highest BCUT2D eigenvalue weighted by Crippen LogP contribution is 2.38. The van der Waals surface area contributed by atoms with Crippen LogP contribution >= 0.6 is 0 Å². The topological polar surface area (TPSA) is 59.0 Å². The molecule has 0 aromatic carbocycles. The Bertz CT molecular complexity index is 208. The Labute approximate surface area is 86.2 Å². The minimum absolute atomic E-state index is 0.374. The van der Waals surface area contributed by atoms with Crippen molar-refractivity contribution in [2.45, 2.75) is 44.6 Å². The minimum Gasteiger partial charge on any atom is -0.378 e. The molecular weight excluding hydrogens is 176 g/mol. The first-order valence-corrected chi connectivity index (χ1v) is 5.51. The minimum atomic E-state index is -0.716. The molecule has 0 saturated heterocycles. The van der Waals surface area contributed by atoms with Crippen molar-refractivity contribution >= 4 is 0 Å². The van der Waals surface area contributed by atoms with Crippen molar-refractivity contribution < 1.29 is 4.74 Å². The van der Waals surface area contributed by atoms with Crippen LogP contribution in [0.3, 0.4) is 0 Å². The van der Waals surface area contributed by atoms with Gasteiger partial charge in [-0.1, -0.05) is 19.8 Å². The Hall–Kier alpha value is -0.590. The van der Waals surface area contributed by atoms with E-state index in [-0.39, 0.29) is 0 Å². The highest BCUT2D eigenvalue weighted by molar-refractivity contribution is 5.13. The van der Waals surface area contributed by atoms with Gasteiger partial charge in [0.05, 0.1) is 12.7 Å². The molecule has 0 heterocycles. The second kappa shape index (κ2) is 5.33. The number of nitrogens with zero attached hydrogens (tertiary/aromatic N) is 1. The second-order valence-corrected chi connectivity index (χ2v) is 4.19. The molecular formula is C11H20N2O. The third-order valence-electron chi connectivity index (χ3n) is 2.75. The van der Waals surface area contributed by atoms with Crippen LogP contribution in [0.2, 0.25) is 0 Å². The molecule has 2 N–H and O–H groups in total. The van der Waals surface area contributed by atoms with Gasteiger partial charge in [0.1, 0.15) is 5.54 Å². The molecule has 0 aromatic rings. The summed E-state index contributed by atoms with van der Waals surface area (Å²) in [6.07, 6.45) is 5.62. The van der Waals surface area contributed by atoms with Crippen LogP contribution in [0, 0.1) is 17.2 Å². The number of hydrogen-bond donors (Lipinski definition) is 1. The van der Waals surface area contributed by atoms with Crippen molar-refractivity contribution in [1.82, 2.24) is 0 Å². The maximum atomic E-state index is 8.94. The summed E-state index contributed by atoms with van der Waals surface area (Å²) in [6, 6.07) is 2.18. The monoisotopic (exact) mass is 196 g/mol. The Kier molecular flexibility index (Phi) is 4.37. The molecule has 0 aromatic heterocycles. The Morgan fingerprint density at radius 3 is 2.71 bits per heavy atom. The van der Waals surface area contributed by atoms with Gasteiger partial charge in [-0.25, -0.2) is 0 Å². The summed E-state index contributed by atoms with van der Waals surface area (Å²) in [5.41, 5.74) is 5.22. The van der Waals surface area contributed by atoms with Gasteiger partial charge < -0.3 is 10.5 Å². The van der Waals surface area contributed by atoms with Crippen LogP contribution in [0.1, 0.15) is 39.0 Å². The van der Waals surface area contributed by atoms with Gasteiger partial charge in [0, 0.05) is 6.61 Å². The van der Waals surface area contributed by atoms with E-state index in [9.17, 15) is 0 Å². The number of nitriles is 1. The molecule has 0 bridgehead atoms. The summed E-state index contributed by atoms with van der Waals surface area (Å²) < 4.78 is 5.45. The molecule has 0 aliphatic heterocycles. The molecule has 80 valence electrons. The van der Waals surface area contributed by atoms with E-state index in [1.165, 1.54) is 12.8 Å². The summed E-state index contributed by atoms with van der Waals surface area (Å²) in [5, 5.41) is 8.94. The van der Waals surface area contributed by atoms with Crippen LogP contribution in [-0.2, 0) is 4.74 Å². The van der Waals surface area contributed by atoms with Crippen LogP contribution in [0.5, 0.6) is 0 Å². The zero-order chi connectivity index (χ0) is 10.4. The molecule has 1 fully saturated rings. The predicted molar refractivity (Wildman–Crippen MR) is 55.6 cm³/mol. The van der Waals surface area contributed by atoms with Crippen molar-refractivity contribution in [3.63, 3.8) is 0 Å². The van der Waals surface area contributed by atoms with Crippen LogP contribution in [-0.4, -0.2) is 18.8 Å². The van der Waals surface area contributed by atoms with E-state index >= 15 is 0 Å². The largest absolute Gasteiger partial charge is 0.378 e. The standard InChI is InChI=1S/C11H20N2O/c1-2-3-4-7-14-9-11(13,8-12)10-5-6-10/h10H,2-7,9,13H2,1H3. The van der Waals surface area contributed by atoms with E-state index in [1.807, 2.05) is 0 Å². The molecule has 1 saturated carbocycles. The van der Waals surface area contributed by atoms with Gasteiger partial charge in [0.15, 0.2) is 0 Å². The van der Waals surface area contributed by atoms with Crippen molar-refractivity contribution in [2.24, 2.45) is 11.7 Å². The number of ether oxygens (including phenoxy) is 1. The van der Waals surface area contributed by atoms with Crippen LogP contribution in [0.15, 0.2) is 0 Å². The summed E-state index contributed by atoms with van der Waals surface area (Å²) in [7, 11) is 0. The zero-order valence-electron chi connectivity index (χ0n) is 8.96. The highest BCUT2D eigenvalue weighted by atomic mass is 16.5. The normalized spacial score (nSPS) is 20.1. The highest BCUT2D eigenvalue weighted by Gasteiger charge is 2.42. The van der Waals surface area contributed by atoms with Gasteiger partial charge in [-0.15, -0.1) is 0 Å². The summed E-state index contributed by atoms with van der Waals surface area (Å²) in [4.78, 5) is 0. The molecule has 1 rings (SSSR count). The fourth-order valence-electron chi connectivity index (χ4n) is 1.54.